The minimum atomic E-state index is 0.186. The molecule has 0 spiro atoms. The Morgan fingerprint density at radius 3 is 2.92 bits per heavy atom. The van der Waals surface area contributed by atoms with Gasteiger partial charge in [0.2, 0.25) is 5.91 Å². The molecule has 2 aromatic heterocycles. The molecule has 6 heteroatoms. The van der Waals surface area contributed by atoms with E-state index in [9.17, 15) is 4.79 Å². The molecule has 0 bridgehead atoms. The van der Waals surface area contributed by atoms with Crippen molar-refractivity contribution < 1.29 is 4.79 Å². The van der Waals surface area contributed by atoms with Gasteiger partial charge in [-0.1, -0.05) is 6.07 Å². The zero-order chi connectivity index (χ0) is 17.1. The summed E-state index contributed by atoms with van der Waals surface area (Å²) >= 11 is 0. The van der Waals surface area contributed by atoms with Crippen molar-refractivity contribution in [2.24, 2.45) is 0 Å². The predicted octanol–water partition coefficient (Wildman–Crippen LogP) is 1.80. The van der Waals surface area contributed by atoms with Crippen molar-refractivity contribution in [2.45, 2.75) is 32.9 Å². The number of carbonyl (C=O) groups is 1. The lowest BCUT2D eigenvalue weighted by Gasteiger charge is -2.22. The number of likely N-dealkylation sites (N-methyl/N-ethyl adjacent to an activating group) is 1. The van der Waals surface area contributed by atoms with E-state index in [1.165, 1.54) is 5.69 Å². The van der Waals surface area contributed by atoms with Crippen molar-refractivity contribution in [2.75, 3.05) is 26.7 Å². The fraction of sp³-hybridized carbons (Fsp3) is 0.500. The molecule has 0 aliphatic carbocycles. The number of aromatic nitrogens is 3. The maximum atomic E-state index is 12.6. The van der Waals surface area contributed by atoms with Crippen LogP contribution in [0.5, 0.6) is 0 Å². The molecule has 1 aliphatic rings. The molecule has 1 fully saturated rings. The van der Waals surface area contributed by atoms with Gasteiger partial charge in [0.1, 0.15) is 0 Å². The summed E-state index contributed by atoms with van der Waals surface area (Å²) in [6.45, 7) is 6.80. The third-order valence-corrected chi connectivity index (χ3v) is 4.49. The number of pyridine rings is 1. The summed E-state index contributed by atoms with van der Waals surface area (Å²) in [5.41, 5.74) is 3.32. The van der Waals surface area contributed by atoms with Gasteiger partial charge in [-0.2, -0.15) is 5.10 Å². The molecule has 3 rings (SSSR count). The Morgan fingerprint density at radius 1 is 1.42 bits per heavy atom. The normalized spacial score (nSPS) is 17.7. The highest BCUT2D eigenvalue weighted by molar-refractivity contribution is 5.78. The molecule has 0 radical (unpaired) electrons. The second-order valence-electron chi connectivity index (χ2n) is 6.69. The Balaban J connectivity index is 1.54. The molecular formula is C18H25N5O. The van der Waals surface area contributed by atoms with Gasteiger partial charge in [-0.3, -0.25) is 19.4 Å². The third-order valence-electron chi connectivity index (χ3n) is 4.49. The van der Waals surface area contributed by atoms with E-state index in [1.807, 2.05) is 42.1 Å². The Kier molecular flexibility index (Phi) is 4.94. The monoisotopic (exact) mass is 327 g/mol. The van der Waals surface area contributed by atoms with Gasteiger partial charge in [0.05, 0.1) is 18.3 Å². The van der Waals surface area contributed by atoms with E-state index < -0.39 is 0 Å². The van der Waals surface area contributed by atoms with E-state index in [-0.39, 0.29) is 5.91 Å². The SMILES string of the molecule is Cc1cc(C)n(C2CCN(C(=O)CN(C)Cc3cccnc3)C2)n1. The van der Waals surface area contributed by atoms with Gasteiger partial charge >= 0.3 is 0 Å². The molecule has 3 heterocycles. The largest absolute Gasteiger partial charge is 0.339 e. The van der Waals surface area contributed by atoms with Crippen molar-refractivity contribution >= 4 is 5.91 Å². The van der Waals surface area contributed by atoms with Crippen molar-refractivity contribution in [1.29, 1.82) is 0 Å². The van der Waals surface area contributed by atoms with E-state index >= 15 is 0 Å². The van der Waals surface area contributed by atoms with Gasteiger partial charge in [0.25, 0.3) is 0 Å². The summed E-state index contributed by atoms with van der Waals surface area (Å²) in [5.74, 6) is 0.186. The minimum absolute atomic E-state index is 0.186. The van der Waals surface area contributed by atoms with Gasteiger partial charge in [0.15, 0.2) is 0 Å². The molecule has 1 unspecified atom stereocenters. The standard InChI is InChI=1S/C18H25N5O/c1-14-9-15(2)23(20-14)17-6-8-22(12-17)18(24)13-21(3)11-16-5-4-7-19-10-16/h4-5,7,9-10,17H,6,8,11-13H2,1-3H3. The fourth-order valence-electron chi connectivity index (χ4n) is 3.37. The fourth-order valence-corrected chi connectivity index (χ4v) is 3.37. The minimum Gasteiger partial charge on any atom is -0.339 e. The first-order valence-corrected chi connectivity index (χ1v) is 8.41. The number of carbonyl (C=O) groups excluding carboxylic acids is 1. The second-order valence-corrected chi connectivity index (χ2v) is 6.69. The van der Waals surface area contributed by atoms with E-state index in [0.717, 1.165) is 37.3 Å². The van der Waals surface area contributed by atoms with Crippen LogP contribution in [0.1, 0.15) is 29.4 Å². The quantitative estimate of drug-likeness (QED) is 0.840. The first-order valence-electron chi connectivity index (χ1n) is 8.41. The van der Waals surface area contributed by atoms with E-state index in [4.69, 9.17) is 0 Å². The molecule has 6 nitrogen and oxygen atoms in total. The molecule has 1 atom stereocenters. The summed E-state index contributed by atoms with van der Waals surface area (Å²) in [6.07, 6.45) is 4.58. The van der Waals surface area contributed by atoms with Gasteiger partial charge in [-0.25, -0.2) is 0 Å². The van der Waals surface area contributed by atoms with Crippen LogP contribution in [0.15, 0.2) is 30.6 Å². The Morgan fingerprint density at radius 2 is 2.25 bits per heavy atom. The van der Waals surface area contributed by atoms with Crippen LogP contribution in [0.3, 0.4) is 0 Å². The molecular weight excluding hydrogens is 302 g/mol. The zero-order valence-electron chi connectivity index (χ0n) is 14.6. The number of likely N-dealkylation sites (tertiary alicyclic amines) is 1. The van der Waals surface area contributed by atoms with Gasteiger partial charge in [-0.05, 0) is 45.0 Å². The summed E-state index contributed by atoms with van der Waals surface area (Å²) in [5, 5.41) is 4.56. The molecule has 0 saturated carbocycles. The van der Waals surface area contributed by atoms with Crippen LogP contribution in [0.2, 0.25) is 0 Å². The summed E-state index contributed by atoms with van der Waals surface area (Å²) < 4.78 is 2.07. The number of amides is 1. The second kappa shape index (κ2) is 7.13. The third kappa shape index (κ3) is 3.82. The highest BCUT2D eigenvalue weighted by Crippen LogP contribution is 2.23. The number of hydrogen-bond donors (Lipinski definition) is 0. The Bertz CT molecular complexity index is 697. The van der Waals surface area contributed by atoms with Crippen LogP contribution in [0.4, 0.5) is 0 Å². The van der Waals surface area contributed by atoms with Crippen LogP contribution in [0, 0.1) is 13.8 Å². The first kappa shape index (κ1) is 16.6. The van der Waals surface area contributed by atoms with Crippen molar-refractivity contribution in [1.82, 2.24) is 24.6 Å². The van der Waals surface area contributed by atoms with Gasteiger partial charge in [0, 0.05) is 37.7 Å². The molecule has 24 heavy (non-hydrogen) atoms. The smallest absolute Gasteiger partial charge is 0.236 e. The van der Waals surface area contributed by atoms with Crippen molar-refractivity contribution in [3.05, 3.63) is 47.5 Å². The Hall–Kier alpha value is -2.21. The molecule has 128 valence electrons. The van der Waals surface area contributed by atoms with Crippen LogP contribution < -0.4 is 0 Å². The maximum Gasteiger partial charge on any atom is 0.236 e. The summed E-state index contributed by atoms with van der Waals surface area (Å²) in [7, 11) is 1.97. The summed E-state index contributed by atoms with van der Waals surface area (Å²) in [4.78, 5) is 20.7. The molecule has 2 aromatic rings. The molecule has 1 saturated heterocycles. The average molecular weight is 327 g/mol. The van der Waals surface area contributed by atoms with Crippen molar-refractivity contribution in [3.8, 4) is 0 Å². The molecule has 0 N–H and O–H groups in total. The summed E-state index contributed by atoms with van der Waals surface area (Å²) in [6, 6.07) is 6.34. The van der Waals surface area contributed by atoms with Gasteiger partial charge < -0.3 is 4.90 Å². The average Bonchev–Trinajstić information content (AvgIpc) is 3.14. The van der Waals surface area contributed by atoms with Crippen LogP contribution in [-0.4, -0.2) is 57.2 Å². The highest BCUT2D eigenvalue weighted by Gasteiger charge is 2.29. The van der Waals surface area contributed by atoms with Crippen LogP contribution in [0.25, 0.3) is 0 Å². The van der Waals surface area contributed by atoms with Crippen LogP contribution in [-0.2, 0) is 11.3 Å². The molecule has 1 amide bonds. The van der Waals surface area contributed by atoms with Crippen molar-refractivity contribution in [3.63, 3.8) is 0 Å². The predicted molar refractivity (Wildman–Crippen MR) is 92.5 cm³/mol. The lowest BCUT2D eigenvalue weighted by Crippen LogP contribution is -2.37. The van der Waals surface area contributed by atoms with E-state index in [2.05, 4.69) is 27.8 Å². The zero-order valence-corrected chi connectivity index (χ0v) is 14.6. The van der Waals surface area contributed by atoms with E-state index in [0.29, 0.717) is 12.6 Å². The Labute approximate surface area is 143 Å². The van der Waals surface area contributed by atoms with Gasteiger partial charge in [-0.15, -0.1) is 0 Å². The maximum absolute atomic E-state index is 12.6. The number of hydrogen-bond acceptors (Lipinski definition) is 4. The first-order chi connectivity index (χ1) is 11.5. The topological polar surface area (TPSA) is 54.3 Å². The number of nitrogens with zero attached hydrogens (tertiary/aromatic N) is 5. The van der Waals surface area contributed by atoms with E-state index in [1.54, 1.807) is 6.20 Å². The number of aryl methyl sites for hydroxylation is 2. The van der Waals surface area contributed by atoms with Crippen LogP contribution >= 0.6 is 0 Å². The highest BCUT2D eigenvalue weighted by atomic mass is 16.2. The number of rotatable bonds is 5. The lowest BCUT2D eigenvalue weighted by molar-refractivity contribution is -0.131. The lowest BCUT2D eigenvalue weighted by atomic mass is 10.2. The molecule has 0 aromatic carbocycles. The molecule has 1 aliphatic heterocycles.